The van der Waals surface area contributed by atoms with Gasteiger partial charge in [0.15, 0.2) is 0 Å². The highest BCUT2D eigenvalue weighted by Crippen LogP contribution is 2.23. The standard InChI is InChI=1S/C14H16N4/c15-17-16-10-6-8-13-7-2-3-9-14(13)18-11-4-1-5-12-18/h2-3,7,9H,1,4-5,10-12H2. The fourth-order valence-corrected chi connectivity index (χ4v) is 2.19. The molecule has 92 valence electrons. The summed E-state index contributed by atoms with van der Waals surface area (Å²) < 4.78 is 0. The summed E-state index contributed by atoms with van der Waals surface area (Å²) in [7, 11) is 0. The Morgan fingerprint density at radius 2 is 2.00 bits per heavy atom. The number of hydrogen-bond acceptors (Lipinski definition) is 2. The van der Waals surface area contributed by atoms with Crippen LogP contribution < -0.4 is 4.90 Å². The average Bonchev–Trinajstić information content (AvgIpc) is 2.45. The number of nitrogens with zero attached hydrogens (tertiary/aromatic N) is 4. The number of rotatable bonds is 2. The molecule has 0 atom stereocenters. The smallest absolute Gasteiger partial charge is 0.0880 e. The third-order valence-corrected chi connectivity index (χ3v) is 3.04. The molecule has 0 saturated carbocycles. The molecule has 1 aliphatic rings. The lowest BCUT2D eigenvalue weighted by Gasteiger charge is -2.29. The molecule has 18 heavy (non-hydrogen) atoms. The zero-order valence-electron chi connectivity index (χ0n) is 10.3. The van der Waals surface area contributed by atoms with Crippen LogP contribution in [0.5, 0.6) is 0 Å². The Morgan fingerprint density at radius 3 is 2.78 bits per heavy atom. The van der Waals surface area contributed by atoms with E-state index in [2.05, 4.69) is 32.8 Å². The van der Waals surface area contributed by atoms with E-state index in [9.17, 15) is 0 Å². The summed E-state index contributed by atoms with van der Waals surface area (Å²) in [5.41, 5.74) is 10.4. The van der Waals surface area contributed by atoms with Crippen molar-refractivity contribution in [2.45, 2.75) is 19.3 Å². The minimum atomic E-state index is 0.227. The van der Waals surface area contributed by atoms with Crippen molar-refractivity contribution in [3.8, 4) is 11.8 Å². The summed E-state index contributed by atoms with van der Waals surface area (Å²) in [6, 6.07) is 8.17. The second kappa shape index (κ2) is 6.58. The van der Waals surface area contributed by atoms with Gasteiger partial charge in [0.2, 0.25) is 0 Å². The maximum Gasteiger partial charge on any atom is 0.0880 e. The minimum Gasteiger partial charge on any atom is -0.371 e. The van der Waals surface area contributed by atoms with Crippen molar-refractivity contribution in [1.82, 2.24) is 0 Å². The van der Waals surface area contributed by atoms with Gasteiger partial charge in [-0.3, -0.25) is 0 Å². The van der Waals surface area contributed by atoms with Gasteiger partial charge < -0.3 is 4.90 Å². The van der Waals surface area contributed by atoms with Crippen molar-refractivity contribution < 1.29 is 0 Å². The Balaban J connectivity index is 2.18. The molecule has 4 heteroatoms. The molecule has 4 nitrogen and oxygen atoms in total. The van der Waals surface area contributed by atoms with Gasteiger partial charge in [0, 0.05) is 23.6 Å². The third-order valence-electron chi connectivity index (χ3n) is 3.04. The van der Waals surface area contributed by atoms with Crippen LogP contribution in [-0.4, -0.2) is 19.6 Å². The Bertz CT molecular complexity index is 500. The van der Waals surface area contributed by atoms with Crippen LogP contribution in [0.15, 0.2) is 29.4 Å². The average molecular weight is 240 g/mol. The molecule has 1 heterocycles. The van der Waals surface area contributed by atoms with Crippen molar-refractivity contribution >= 4 is 5.69 Å². The summed E-state index contributed by atoms with van der Waals surface area (Å²) in [6.45, 7) is 2.44. The molecule has 1 fully saturated rings. The second-order valence-electron chi connectivity index (χ2n) is 4.26. The molecule has 0 unspecified atom stereocenters. The Hall–Kier alpha value is -2.11. The highest BCUT2D eigenvalue weighted by Gasteiger charge is 2.12. The number of hydrogen-bond donors (Lipinski definition) is 0. The van der Waals surface area contributed by atoms with Crippen LogP contribution in [0.4, 0.5) is 5.69 Å². The van der Waals surface area contributed by atoms with Crippen LogP contribution >= 0.6 is 0 Å². The second-order valence-corrected chi connectivity index (χ2v) is 4.26. The van der Waals surface area contributed by atoms with Gasteiger partial charge in [-0.15, -0.1) is 0 Å². The van der Waals surface area contributed by atoms with Crippen molar-refractivity contribution in [3.63, 3.8) is 0 Å². The molecule has 1 aromatic rings. The quantitative estimate of drug-likeness (QED) is 0.338. The number of piperidine rings is 1. The zero-order valence-corrected chi connectivity index (χ0v) is 10.3. The molecular formula is C14H16N4. The van der Waals surface area contributed by atoms with Gasteiger partial charge in [-0.2, -0.15) is 0 Å². The minimum absolute atomic E-state index is 0.227. The summed E-state index contributed by atoms with van der Waals surface area (Å²) in [6.07, 6.45) is 3.82. The lowest BCUT2D eigenvalue weighted by Crippen LogP contribution is -2.29. The van der Waals surface area contributed by atoms with Crippen LogP contribution in [-0.2, 0) is 0 Å². The van der Waals surface area contributed by atoms with Gasteiger partial charge in [0.05, 0.1) is 12.2 Å². The fraction of sp³-hybridized carbons (Fsp3) is 0.429. The maximum absolute atomic E-state index is 8.20. The molecule has 2 rings (SSSR count). The Morgan fingerprint density at radius 1 is 1.22 bits per heavy atom. The van der Waals surface area contributed by atoms with Gasteiger partial charge >= 0.3 is 0 Å². The first kappa shape index (κ1) is 12.3. The summed E-state index contributed by atoms with van der Waals surface area (Å²) in [5, 5.41) is 3.42. The number of anilines is 1. The molecule has 0 aromatic heterocycles. The zero-order chi connectivity index (χ0) is 12.6. The molecule has 0 bridgehead atoms. The molecule has 0 aliphatic carbocycles. The maximum atomic E-state index is 8.20. The molecule has 1 aromatic carbocycles. The summed E-state index contributed by atoms with van der Waals surface area (Å²) >= 11 is 0. The van der Waals surface area contributed by atoms with Crippen LogP contribution in [0.2, 0.25) is 0 Å². The van der Waals surface area contributed by atoms with Crippen LogP contribution in [0.25, 0.3) is 10.4 Å². The third kappa shape index (κ3) is 3.19. The molecule has 0 N–H and O–H groups in total. The Labute approximate surface area is 107 Å². The molecule has 1 saturated heterocycles. The van der Waals surface area contributed by atoms with E-state index in [0.717, 1.165) is 18.7 Å². The van der Waals surface area contributed by atoms with E-state index >= 15 is 0 Å². The van der Waals surface area contributed by atoms with Crippen molar-refractivity contribution in [2.75, 3.05) is 24.5 Å². The van der Waals surface area contributed by atoms with E-state index in [1.165, 1.54) is 24.9 Å². The predicted octanol–water partition coefficient (Wildman–Crippen LogP) is 3.34. The van der Waals surface area contributed by atoms with E-state index in [4.69, 9.17) is 5.53 Å². The fourth-order valence-electron chi connectivity index (χ4n) is 2.19. The summed E-state index contributed by atoms with van der Waals surface area (Å²) in [5.74, 6) is 5.97. The van der Waals surface area contributed by atoms with Crippen molar-refractivity contribution in [1.29, 1.82) is 0 Å². The number of benzene rings is 1. The molecule has 0 spiro atoms. The first-order chi connectivity index (χ1) is 8.92. The van der Waals surface area contributed by atoms with Crippen LogP contribution in [0.1, 0.15) is 24.8 Å². The molecule has 1 aliphatic heterocycles. The van der Waals surface area contributed by atoms with Gasteiger partial charge in [0.25, 0.3) is 0 Å². The van der Waals surface area contributed by atoms with E-state index < -0.39 is 0 Å². The SMILES string of the molecule is [N-]=[N+]=NCC#Cc1ccccc1N1CCCCC1. The highest BCUT2D eigenvalue weighted by atomic mass is 15.1. The molecule has 0 amide bonds. The van der Waals surface area contributed by atoms with Crippen molar-refractivity contribution in [3.05, 3.63) is 40.3 Å². The topological polar surface area (TPSA) is 52.0 Å². The monoisotopic (exact) mass is 240 g/mol. The van der Waals surface area contributed by atoms with Gasteiger partial charge in [-0.1, -0.05) is 29.1 Å². The molecule has 0 radical (unpaired) electrons. The van der Waals surface area contributed by atoms with Crippen molar-refractivity contribution in [2.24, 2.45) is 5.11 Å². The first-order valence-electron chi connectivity index (χ1n) is 6.25. The van der Waals surface area contributed by atoms with E-state index in [1.807, 2.05) is 18.2 Å². The largest absolute Gasteiger partial charge is 0.371 e. The van der Waals surface area contributed by atoms with Gasteiger partial charge in [-0.25, -0.2) is 0 Å². The lowest BCUT2D eigenvalue weighted by atomic mass is 10.1. The predicted molar refractivity (Wildman–Crippen MR) is 73.4 cm³/mol. The van der Waals surface area contributed by atoms with E-state index in [1.54, 1.807) is 0 Å². The lowest BCUT2D eigenvalue weighted by molar-refractivity contribution is 0.577. The number of para-hydroxylation sites is 1. The highest BCUT2D eigenvalue weighted by molar-refractivity contribution is 5.60. The van der Waals surface area contributed by atoms with E-state index in [0.29, 0.717) is 0 Å². The van der Waals surface area contributed by atoms with Gasteiger partial charge in [0.1, 0.15) is 0 Å². The summed E-state index contributed by atoms with van der Waals surface area (Å²) in [4.78, 5) is 5.08. The van der Waals surface area contributed by atoms with Gasteiger partial charge in [-0.05, 0) is 36.9 Å². The number of azide groups is 1. The van der Waals surface area contributed by atoms with Crippen LogP contribution in [0.3, 0.4) is 0 Å². The Kier molecular flexibility index (Phi) is 4.52. The molecular weight excluding hydrogens is 224 g/mol. The normalized spacial score (nSPS) is 14.3. The first-order valence-corrected chi connectivity index (χ1v) is 6.25. The van der Waals surface area contributed by atoms with Crippen LogP contribution in [0, 0.1) is 11.8 Å². The van der Waals surface area contributed by atoms with E-state index in [-0.39, 0.29) is 6.54 Å².